The van der Waals surface area contributed by atoms with Crippen molar-refractivity contribution in [1.82, 2.24) is 5.32 Å². The number of nitrogens with zero attached hydrogens (tertiary/aromatic N) is 1. The number of carbonyl (C=O) groups is 4. The van der Waals surface area contributed by atoms with Crippen molar-refractivity contribution in [3.63, 3.8) is 0 Å². The Bertz CT molecular complexity index is 1910. The van der Waals surface area contributed by atoms with E-state index >= 15 is 0 Å². The number of rotatable bonds is 9. The molecule has 1 atom stereocenters. The molecule has 0 radical (unpaired) electrons. The molecule has 0 aliphatic carbocycles. The first-order chi connectivity index (χ1) is 21.5. The number of aryl methyl sites for hydroxylation is 1. The third-order valence-corrected chi connectivity index (χ3v) is 9.06. The number of hydrogen-bond acceptors (Lipinski definition) is 7. The summed E-state index contributed by atoms with van der Waals surface area (Å²) in [5, 5.41) is 9.97. The molecule has 1 saturated heterocycles. The maximum atomic E-state index is 13.4. The zero-order valence-corrected chi connectivity index (χ0v) is 25.6. The third-order valence-electron chi connectivity index (χ3n) is 6.94. The molecule has 45 heavy (non-hydrogen) atoms. The van der Waals surface area contributed by atoms with Crippen molar-refractivity contribution in [1.29, 1.82) is 0 Å². The van der Waals surface area contributed by atoms with Crippen molar-refractivity contribution < 1.29 is 27.6 Å². The number of imide groups is 1. The molecule has 4 aromatic rings. The van der Waals surface area contributed by atoms with Crippen molar-refractivity contribution in [2.45, 2.75) is 28.4 Å². The first kappa shape index (κ1) is 31.4. The zero-order valence-electron chi connectivity index (χ0n) is 24.0. The largest absolute Gasteiger partial charge is 0.321 e. The van der Waals surface area contributed by atoms with Crippen LogP contribution in [0.3, 0.4) is 0 Å². The van der Waals surface area contributed by atoms with Crippen molar-refractivity contribution in [2.24, 2.45) is 5.14 Å². The molecule has 0 bridgehead atoms. The Balaban J connectivity index is 1.27. The summed E-state index contributed by atoms with van der Waals surface area (Å²) < 4.78 is 23.1. The van der Waals surface area contributed by atoms with Gasteiger partial charge >= 0.3 is 0 Å². The van der Waals surface area contributed by atoms with E-state index in [0.717, 1.165) is 16.0 Å². The minimum atomic E-state index is -3.91. The fourth-order valence-electron chi connectivity index (χ4n) is 4.58. The predicted molar refractivity (Wildman–Crippen MR) is 173 cm³/mol. The summed E-state index contributed by atoms with van der Waals surface area (Å²) in [6.07, 6.45) is 1.58. The molecule has 1 heterocycles. The minimum Gasteiger partial charge on any atom is -0.321 e. The molecule has 1 aliphatic heterocycles. The van der Waals surface area contributed by atoms with Crippen LogP contribution in [-0.2, 0) is 24.4 Å². The molecular formula is C33H28N4O6S2. The van der Waals surface area contributed by atoms with E-state index in [4.69, 9.17) is 5.14 Å². The Kier molecular flexibility index (Phi) is 9.28. The number of anilines is 2. The quantitative estimate of drug-likeness (QED) is 0.180. The highest BCUT2D eigenvalue weighted by Gasteiger charge is 2.40. The molecule has 4 N–H and O–H groups in total. The minimum absolute atomic E-state index is 0.0346. The second-order valence-electron chi connectivity index (χ2n) is 10.1. The predicted octanol–water partition coefficient (Wildman–Crippen LogP) is 4.48. The van der Waals surface area contributed by atoms with E-state index in [1.165, 1.54) is 36.0 Å². The lowest BCUT2D eigenvalue weighted by atomic mass is 10.1. The smallest absolute Gasteiger partial charge is 0.272 e. The second-order valence-corrected chi connectivity index (χ2v) is 13.0. The van der Waals surface area contributed by atoms with Crippen LogP contribution >= 0.6 is 11.8 Å². The highest BCUT2D eigenvalue weighted by molar-refractivity contribution is 8.00. The van der Waals surface area contributed by atoms with Gasteiger partial charge in [0.2, 0.25) is 21.8 Å². The van der Waals surface area contributed by atoms with E-state index in [1.54, 1.807) is 60.7 Å². The zero-order chi connectivity index (χ0) is 32.1. The van der Waals surface area contributed by atoms with Gasteiger partial charge in [0, 0.05) is 22.6 Å². The van der Waals surface area contributed by atoms with Crippen molar-refractivity contribution in [3.05, 3.63) is 126 Å². The lowest BCUT2D eigenvalue weighted by Gasteiger charge is -2.15. The first-order valence-corrected chi connectivity index (χ1v) is 16.1. The van der Waals surface area contributed by atoms with E-state index in [0.29, 0.717) is 16.1 Å². The van der Waals surface area contributed by atoms with Gasteiger partial charge in [-0.3, -0.25) is 19.2 Å². The van der Waals surface area contributed by atoms with E-state index < -0.39 is 38.9 Å². The number of nitrogens with one attached hydrogen (secondary N) is 2. The molecule has 4 aromatic carbocycles. The summed E-state index contributed by atoms with van der Waals surface area (Å²) in [7, 11) is -3.91. The highest BCUT2D eigenvalue weighted by Crippen LogP contribution is 2.34. The second kappa shape index (κ2) is 13.3. The summed E-state index contributed by atoms with van der Waals surface area (Å²) in [5.41, 5.74) is 2.88. The van der Waals surface area contributed by atoms with E-state index in [9.17, 15) is 27.6 Å². The van der Waals surface area contributed by atoms with Crippen LogP contribution in [0.1, 0.15) is 27.9 Å². The Morgan fingerprint density at radius 1 is 0.889 bits per heavy atom. The number of primary sulfonamides is 1. The summed E-state index contributed by atoms with van der Waals surface area (Å²) >= 11 is 1.20. The molecule has 0 spiro atoms. The third kappa shape index (κ3) is 7.55. The van der Waals surface area contributed by atoms with Gasteiger partial charge in [0.05, 0.1) is 15.8 Å². The van der Waals surface area contributed by atoms with E-state index in [1.807, 2.05) is 31.2 Å². The van der Waals surface area contributed by atoms with Gasteiger partial charge in [-0.25, -0.2) is 18.5 Å². The van der Waals surface area contributed by atoms with Gasteiger partial charge in [0.15, 0.2) is 0 Å². The summed E-state index contributed by atoms with van der Waals surface area (Å²) in [6.45, 7) is 1.91. The van der Waals surface area contributed by atoms with Crippen LogP contribution < -0.4 is 20.7 Å². The average Bonchev–Trinajstić information content (AvgIpc) is 3.30. The highest BCUT2D eigenvalue weighted by atomic mass is 32.2. The molecule has 5 rings (SSSR count). The fraction of sp³-hybridized carbons (Fsp3) is 0.0909. The summed E-state index contributed by atoms with van der Waals surface area (Å²) in [5.74, 6) is -1.78. The van der Waals surface area contributed by atoms with Crippen molar-refractivity contribution >= 4 is 62.9 Å². The van der Waals surface area contributed by atoms with Gasteiger partial charge < -0.3 is 10.6 Å². The molecule has 0 saturated carbocycles. The number of benzene rings is 4. The Morgan fingerprint density at radius 2 is 1.53 bits per heavy atom. The number of carbonyl (C=O) groups excluding carboxylic acids is 4. The number of amides is 4. The van der Waals surface area contributed by atoms with Gasteiger partial charge in [-0.15, -0.1) is 11.8 Å². The van der Waals surface area contributed by atoms with Crippen LogP contribution in [0.15, 0.2) is 119 Å². The van der Waals surface area contributed by atoms with Crippen molar-refractivity contribution in [3.8, 4) is 0 Å². The number of hydrogen-bond donors (Lipinski definition) is 3. The lowest BCUT2D eigenvalue weighted by Crippen LogP contribution is -2.31. The van der Waals surface area contributed by atoms with Crippen LogP contribution in [0.5, 0.6) is 0 Å². The van der Waals surface area contributed by atoms with Gasteiger partial charge in [0.1, 0.15) is 5.70 Å². The molecule has 0 aromatic heterocycles. The van der Waals surface area contributed by atoms with Crippen LogP contribution in [0.2, 0.25) is 0 Å². The standard InChI is InChI=1S/C33H28N4O6S2/c1-21-7-5-6-10-23(21)19-28(36-31(39)22-8-3-2-4-9-22)32(40)35-24-11-15-26(16-12-24)44-29-20-30(38)37(33(29)41)25-13-17-27(18-14-25)45(34,42)43/h2-19,29H,20H2,1H3,(H,35,40)(H,36,39)(H2,34,42,43)/b28-19-. The maximum Gasteiger partial charge on any atom is 0.272 e. The topological polar surface area (TPSA) is 156 Å². The van der Waals surface area contributed by atoms with Gasteiger partial charge in [0.25, 0.3) is 11.8 Å². The first-order valence-electron chi connectivity index (χ1n) is 13.7. The molecule has 4 amide bonds. The van der Waals surface area contributed by atoms with Crippen molar-refractivity contribution in [2.75, 3.05) is 10.2 Å². The Morgan fingerprint density at radius 3 is 2.18 bits per heavy atom. The van der Waals surface area contributed by atoms with Gasteiger partial charge in [-0.1, -0.05) is 42.5 Å². The maximum absolute atomic E-state index is 13.4. The van der Waals surface area contributed by atoms with Gasteiger partial charge in [-0.2, -0.15) is 0 Å². The Hall–Kier alpha value is -5.04. The SMILES string of the molecule is Cc1ccccc1/C=C(\NC(=O)c1ccccc1)C(=O)Nc1ccc(SC2CC(=O)N(c3ccc(S(N)(=O)=O)cc3)C2=O)cc1. The molecule has 10 nitrogen and oxygen atoms in total. The van der Waals surface area contributed by atoms with E-state index in [-0.39, 0.29) is 22.7 Å². The number of sulfonamides is 1. The average molecular weight is 641 g/mol. The molecular weight excluding hydrogens is 613 g/mol. The lowest BCUT2D eigenvalue weighted by molar-refractivity contribution is -0.121. The summed E-state index contributed by atoms with van der Waals surface area (Å²) in [4.78, 5) is 53.6. The Labute approximate surface area is 264 Å². The molecule has 12 heteroatoms. The number of nitrogens with two attached hydrogens (primary N) is 1. The normalized spacial score (nSPS) is 15.2. The molecule has 1 fully saturated rings. The van der Waals surface area contributed by atoms with Crippen LogP contribution in [0.25, 0.3) is 6.08 Å². The summed E-state index contributed by atoms with van der Waals surface area (Å²) in [6, 6.07) is 28.0. The molecule has 1 aliphatic rings. The fourth-order valence-corrected chi connectivity index (χ4v) is 6.15. The molecule has 1 unspecified atom stereocenters. The monoisotopic (exact) mass is 640 g/mol. The van der Waals surface area contributed by atoms with E-state index in [2.05, 4.69) is 10.6 Å². The number of thioether (sulfide) groups is 1. The van der Waals surface area contributed by atoms with Crippen LogP contribution in [0, 0.1) is 6.92 Å². The van der Waals surface area contributed by atoms with Crippen LogP contribution in [-0.4, -0.2) is 37.3 Å². The molecule has 228 valence electrons. The van der Waals surface area contributed by atoms with Gasteiger partial charge in [-0.05, 0) is 84.8 Å². The van der Waals surface area contributed by atoms with Crippen LogP contribution in [0.4, 0.5) is 11.4 Å².